The fourth-order valence-electron chi connectivity index (χ4n) is 2.27. The van der Waals surface area contributed by atoms with Gasteiger partial charge in [-0.15, -0.1) is 6.10 Å². The first-order chi connectivity index (χ1) is 10.2. The Hall–Kier alpha value is -2.33. The van der Waals surface area contributed by atoms with Crippen LogP contribution in [0.5, 0.6) is 0 Å². The molecule has 2 heterocycles. The maximum Gasteiger partial charge on any atom is 0.189 e. The van der Waals surface area contributed by atoms with Crippen LogP contribution in [-0.4, -0.2) is 39.9 Å². The van der Waals surface area contributed by atoms with Gasteiger partial charge < -0.3 is 20.6 Å². The number of hydrogen-bond donors (Lipinski definition) is 3. The fourth-order valence-corrected chi connectivity index (χ4v) is 2.27. The third-order valence-electron chi connectivity index (χ3n) is 3.34. The molecule has 0 fully saturated rings. The number of amidine groups is 1. The van der Waals surface area contributed by atoms with Crippen LogP contribution in [0.3, 0.4) is 0 Å². The van der Waals surface area contributed by atoms with Crippen LogP contribution in [0.4, 0.5) is 0 Å². The molecule has 3 N–H and O–H groups in total. The van der Waals surface area contributed by atoms with Crippen LogP contribution < -0.4 is 10.4 Å². The van der Waals surface area contributed by atoms with Crippen LogP contribution in [0.2, 0.25) is 0 Å². The van der Waals surface area contributed by atoms with Crippen molar-refractivity contribution in [1.82, 2.24) is 10.2 Å². The summed E-state index contributed by atoms with van der Waals surface area (Å²) in [4.78, 5) is 5.81. The molecule has 3 rings (SSSR count). The predicted octanol–water partition coefficient (Wildman–Crippen LogP) is -1.08. The minimum absolute atomic E-state index is 0.314. The summed E-state index contributed by atoms with van der Waals surface area (Å²) < 4.78 is 0. The zero-order valence-electron chi connectivity index (χ0n) is 11.2. The van der Waals surface area contributed by atoms with Crippen LogP contribution in [0.1, 0.15) is 6.42 Å². The van der Waals surface area contributed by atoms with Crippen molar-refractivity contribution in [2.24, 2.45) is 4.99 Å². The lowest BCUT2D eigenvalue weighted by atomic mass is 10.1. The largest absolute Gasteiger partial charge is 0.849 e. The highest BCUT2D eigenvalue weighted by Gasteiger charge is 2.29. The highest BCUT2D eigenvalue weighted by atomic mass is 16.3. The van der Waals surface area contributed by atoms with Gasteiger partial charge in [0.05, 0.1) is 6.61 Å². The second-order valence-corrected chi connectivity index (χ2v) is 4.78. The highest BCUT2D eigenvalue weighted by molar-refractivity contribution is 6.01. The van der Waals surface area contributed by atoms with Crippen LogP contribution in [0.15, 0.2) is 52.6 Å². The Labute approximate surface area is 122 Å². The summed E-state index contributed by atoms with van der Waals surface area (Å²) >= 11 is 0. The van der Waals surface area contributed by atoms with Crippen molar-refractivity contribution in [3.63, 3.8) is 0 Å². The number of nitrogens with zero attached hydrogens (tertiary/aromatic N) is 2. The second-order valence-electron chi connectivity index (χ2n) is 4.78. The van der Waals surface area contributed by atoms with E-state index in [1.807, 2.05) is 0 Å². The first kappa shape index (κ1) is 13.6. The first-order valence-corrected chi connectivity index (χ1v) is 6.56. The summed E-state index contributed by atoms with van der Waals surface area (Å²) in [6.45, 7) is -0.345. The van der Waals surface area contributed by atoms with E-state index in [2.05, 4.69) is 22.2 Å². The maximum absolute atomic E-state index is 11.5. The molecule has 6 nitrogen and oxygen atoms in total. The SMILES string of the molecule is [O-]C1C=CC=C(NC2=C(CO)C(O)N3C=CC#CC3=N2)C1. The van der Waals surface area contributed by atoms with Crippen molar-refractivity contribution >= 4 is 5.84 Å². The summed E-state index contributed by atoms with van der Waals surface area (Å²) in [6, 6.07) is 0. The van der Waals surface area contributed by atoms with Crippen LogP contribution >= 0.6 is 0 Å². The molecular formula is C15H14N3O3-. The van der Waals surface area contributed by atoms with E-state index in [0.717, 1.165) is 0 Å². The molecule has 2 atom stereocenters. The van der Waals surface area contributed by atoms with E-state index >= 15 is 0 Å². The Morgan fingerprint density at radius 2 is 2.38 bits per heavy atom. The number of aliphatic hydroxyl groups is 2. The average Bonchev–Trinajstić information content (AvgIpc) is 2.48. The molecule has 0 aromatic rings. The number of rotatable bonds is 3. The standard InChI is InChI=1S/C15H14N3O3/c19-9-12-14(16-10-4-3-5-11(20)8-10)17-13-6-1-2-7-18(13)15(12)21/h2-5,7,11,15-16,19,21H,8-9H2/q-1. The van der Waals surface area contributed by atoms with Gasteiger partial charge in [-0.2, -0.15) is 0 Å². The molecule has 21 heavy (non-hydrogen) atoms. The van der Waals surface area contributed by atoms with Crippen molar-refractivity contribution in [3.8, 4) is 11.8 Å². The van der Waals surface area contributed by atoms with E-state index in [0.29, 0.717) is 29.3 Å². The summed E-state index contributed by atoms with van der Waals surface area (Å²) in [5.41, 5.74) is 1.03. The number of allylic oxidation sites excluding steroid dienone is 3. The molecule has 0 spiro atoms. The topological polar surface area (TPSA) is 91.1 Å². The summed E-state index contributed by atoms with van der Waals surface area (Å²) in [7, 11) is 0. The van der Waals surface area contributed by atoms with Crippen LogP contribution in [-0.2, 0) is 0 Å². The van der Waals surface area contributed by atoms with E-state index in [4.69, 9.17) is 0 Å². The van der Waals surface area contributed by atoms with E-state index in [-0.39, 0.29) is 6.61 Å². The van der Waals surface area contributed by atoms with Gasteiger partial charge in [0, 0.05) is 23.5 Å². The average molecular weight is 284 g/mol. The molecule has 0 radical (unpaired) electrons. The van der Waals surface area contributed by atoms with E-state index < -0.39 is 12.3 Å². The summed E-state index contributed by atoms with van der Waals surface area (Å²) in [5, 5.41) is 34.3. The molecular weight excluding hydrogens is 270 g/mol. The van der Waals surface area contributed by atoms with Gasteiger partial charge in [0.2, 0.25) is 0 Å². The lowest BCUT2D eigenvalue weighted by molar-refractivity contribution is -0.402. The van der Waals surface area contributed by atoms with Gasteiger partial charge in [-0.1, -0.05) is 18.1 Å². The van der Waals surface area contributed by atoms with E-state index in [1.54, 1.807) is 30.5 Å². The molecule has 3 aliphatic rings. The number of fused-ring (bicyclic) bond motifs is 1. The molecule has 0 saturated heterocycles. The fraction of sp³-hybridized carbons (Fsp3) is 0.267. The maximum atomic E-state index is 11.5. The highest BCUT2D eigenvalue weighted by Crippen LogP contribution is 2.22. The summed E-state index contributed by atoms with van der Waals surface area (Å²) in [5.74, 6) is 6.31. The van der Waals surface area contributed by atoms with Gasteiger partial charge in [-0.3, -0.25) is 4.90 Å². The Morgan fingerprint density at radius 3 is 3.14 bits per heavy atom. The Morgan fingerprint density at radius 1 is 1.52 bits per heavy atom. The number of aliphatic imine (C=N–C) groups is 1. The molecule has 0 amide bonds. The van der Waals surface area contributed by atoms with Gasteiger partial charge >= 0.3 is 0 Å². The van der Waals surface area contributed by atoms with E-state index in [9.17, 15) is 15.3 Å². The molecule has 0 saturated carbocycles. The smallest absolute Gasteiger partial charge is 0.189 e. The zero-order valence-corrected chi connectivity index (χ0v) is 11.2. The number of aliphatic hydroxyl groups excluding tert-OH is 2. The molecule has 108 valence electrons. The van der Waals surface area contributed by atoms with E-state index in [1.165, 1.54) is 4.90 Å². The lowest BCUT2D eigenvalue weighted by Crippen LogP contribution is -2.43. The molecule has 0 aromatic heterocycles. The van der Waals surface area contributed by atoms with Gasteiger partial charge in [-0.25, -0.2) is 4.99 Å². The first-order valence-electron chi connectivity index (χ1n) is 6.56. The minimum Gasteiger partial charge on any atom is -0.849 e. The Kier molecular flexibility index (Phi) is 3.62. The summed E-state index contributed by atoms with van der Waals surface area (Å²) in [6.07, 6.45) is 6.74. The Balaban J connectivity index is 1.91. The van der Waals surface area contributed by atoms with Crippen molar-refractivity contribution in [2.45, 2.75) is 18.8 Å². The van der Waals surface area contributed by atoms with Crippen molar-refractivity contribution in [2.75, 3.05) is 6.61 Å². The van der Waals surface area contributed by atoms with Gasteiger partial charge in [0.1, 0.15) is 5.82 Å². The predicted molar refractivity (Wildman–Crippen MR) is 75.1 cm³/mol. The van der Waals surface area contributed by atoms with Gasteiger partial charge in [0.25, 0.3) is 0 Å². The minimum atomic E-state index is -1.03. The van der Waals surface area contributed by atoms with Gasteiger partial charge in [0.15, 0.2) is 12.1 Å². The molecule has 1 aliphatic carbocycles. The van der Waals surface area contributed by atoms with Crippen molar-refractivity contribution < 1.29 is 15.3 Å². The monoisotopic (exact) mass is 284 g/mol. The molecule has 0 bridgehead atoms. The zero-order chi connectivity index (χ0) is 14.8. The quantitative estimate of drug-likeness (QED) is 0.573. The molecule has 2 unspecified atom stereocenters. The van der Waals surface area contributed by atoms with Crippen molar-refractivity contribution in [1.29, 1.82) is 0 Å². The lowest BCUT2D eigenvalue weighted by Gasteiger charge is -2.33. The Bertz CT molecular complexity index is 661. The van der Waals surface area contributed by atoms with Gasteiger partial charge in [-0.05, 0) is 18.4 Å². The number of hydrogen-bond acceptors (Lipinski definition) is 6. The molecule has 2 aliphatic heterocycles. The third-order valence-corrected chi connectivity index (χ3v) is 3.34. The molecule has 0 aromatic carbocycles. The number of nitrogens with one attached hydrogen (secondary N) is 1. The van der Waals surface area contributed by atoms with Crippen LogP contribution in [0.25, 0.3) is 0 Å². The normalized spacial score (nSPS) is 26.7. The second kappa shape index (κ2) is 5.58. The van der Waals surface area contributed by atoms with Crippen molar-refractivity contribution in [3.05, 3.63) is 47.6 Å². The third kappa shape index (κ3) is 2.62. The van der Waals surface area contributed by atoms with Crippen LogP contribution in [0, 0.1) is 11.8 Å². The molecule has 6 heteroatoms.